The molecule has 212 valence electrons. The summed E-state index contributed by atoms with van der Waals surface area (Å²) in [5.41, 5.74) is 0.735. The van der Waals surface area contributed by atoms with E-state index in [1.54, 1.807) is 13.1 Å². The number of aromatic amines is 1. The fourth-order valence-electron chi connectivity index (χ4n) is 4.38. The molecule has 0 radical (unpaired) electrons. The van der Waals surface area contributed by atoms with Crippen molar-refractivity contribution in [3.63, 3.8) is 0 Å². The molecule has 0 unspecified atom stereocenters. The third kappa shape index (κ3) is 15.5. The molecule has 0 spiro atoms. The van der Waals surface area contributed by atoms with Crippen molar-refractivity contribution >= 4 is 17.8 Å². The van der Waals surface area contributed by atoms with Crippen molar-refractivity contribution in [1.29, 1.82) is 0 Å². The van der Waals surface area contributed by atoms with Gasteiger partial charge in [0.25, 0.3) is 0 Å². The Labute approximate surface area is 224 Å². The molecular formula is C29H52N4O4. The van der Waals surface area contributed by atoms with E-state index >= 15 is 0 Å². The molecule has 0 aliphatic heterocycles. The third-order valence-electron chi connectivity index (χ3n) is 6.64. The van der Waals surface area contributed by atoms with Gasteiger partial charge >= 0.3 is 5.97 Å². The Bertz CT molecular complexity index is 736. The van der Waals surface area contributed by atoms with Crippen molar-refractivity contribution in [3.8, 4) is 0 Å². The SMILES string of the molecule is CCCCCCCCCCCCCCCC(=O)N[C@@H](Cc1cnc[nH]1)C(=O)N[C@H](C(=O)OCC)C(C)C. The smallest absolute Gasteiger partial charge is 0.328 e. The lowest BCUT2D eigenvalue weighted by Crippen LogP contribution is -2.54. The molecule has 8 nitrogen and oxygen atoms in total. The highest BCUT2D eigenvalue weighted by molar-refractivity contribution is 5.91. The van der Waals surface area contributed by atoms with Crippen LogP contribution in [0.1, 0.15) is 123 Å². The summed E-state index contributed by atoms with van der Waals surface area (Å²) in [4.78, 5) is 45.0. The lowest BCUT2D eigenvalue weighted by atomic mass is 10.0. The van der Waals surface area contributed by atoms with Gasteiger partial charge in [-0.05, 0) is 19.3 Å². The maximum Gasteiger partial charge on any atom is 0.328 e. The van der Waals surface area contributed by atoms with Crippen LogP contribution in [0.4, 0.5) is 0 Å². The van der Waals surface area contributed by atoms with E-state index in [1.165, 1.54) is 70.5 Å². The third-order valence-corrected chi connectivity index (χ3v) is 6.64. The van der Waals surface area contributed by atoms with Gasteiger partial charge in [0.2, 0.25) is 11.8 Å². The Balaban J connectivity index is 2.36. The molecule has 0 bridgehead atoms. The van der Waals surface area contributed by atoms with E-state index in [0.29, 0.717) is 6.42 Å². The standard InChI is InChI=1S/C29H52N4O4/c1-5-7-8-9-10-11-12-13-14-15-16-17-18-19-26(34)32-25(20-24-21-30-22-31-24)28(35)33-27(23(3)4)29(36)37-6-2/h21-23,25,27H,5-20H2,1-4H3,(H,30,31)(H,32,34)(H,33,35)/t25-,27-/m0/s1. The summed E-state index contributed by atoms with van der Waals surface area (Å²) in [5, 5.41) is 5.64. The zero-order chi connectivity index (χ0) is 27.3. The number of imidazole rings is 1. The van der Waals surface area contributed by atoms with E-state index in [1.807, 2.05) is 13.8 Å². The maximum absolute atomic E-state index is 13.0. The summed E-state index contributed by atoms with van der Waals surface area (Å²) < 4.78 is 5.11. The first kappa shape index (κ1) is 32.6. The zero-order valence-corrected chi connectivity index (χ0v) is 23.8. The second kappa shape index (κ2) is 20.7. The minimum Gasteiger partial charge on any atom is -0.464 e. The average molecular weight is 521 g/mol. The second-order valence-corrected chi connectivity index (χ2v) is 10.4. The molecule has 37 heavy (non-hydrogen) atoms. The Hall–Kier alpha value is -2.38. The molecule has 2 amide bonds. The number of ether oxygens (including phenoxy) is 1. The molecule has 0 aromatic carbocycles. The van der Waals surface area contributed by atoms with Crippen LogP contribution in [0.25, 0.3) is 0 Å². The number of carbonyl (C=O) groups is 3. The molecule has 3 N–H and O–H groups in total. The number of amides is 2. The summed E-state index contributed by atoms with van der Waals surface area (Å²) in [5.74, 6) is -1.17. The largest absolute Gasteiger partial charge is 0.464 e. The number of unbranched alkanes of at least 4 members (excludes halogenated alkanes) is 12. The van der Waals surface area contributed by atoms with Crippen LogP contribution in [0, 0.1) is 5.92 Å². The zero-order valence-electron chi connectivity index (χ0n) is 23.8. The molecule has 0 fully saturated rings. The van der Waals surface area contributed by atoms with Gasteiger partial charge in [0.1, 0.15) is 12.1 Å². The van der Waals surface area contributed by atoms with Crippen LogP contribution >= 0.6 is 0 Å². The van der Waals surface area contributed by atoms with Gasteiger partial charge in [0.15, 0.2) is 0 Å². The quantitative estimate of drug-likeness (QED) is 0.136. The highest BCUT2D eigenvalue weighted by atomic mass is 16.5. The topological polar surface area (TPSA) is 113 Å². The highest BCUT2D eigenvalue weighted by Crippen LogP contribution is 2.13. The van der Waals surface area contributed by atoms with Gasteiger partial charge in [-0.15, -0.1) is 0 Å². The highest BCUT2D eigenvalue weighted by Gasteiger charge is 2.30. The average Bonchev–Trinajstić information content (AvgIpc) is 3.38. The van der Waals surface area contributed by atoms with Gasteiger partial charge < -0.3 is 20.4 Å². The molecule has 1 heterocycles. The van der Waals surface area contributed by atoms with Crippen molar-refractivity contribution < 1.29 is 19.1 Å². The minimum atomic E-state index is -0.800. The fraction of sp³-hybridized carbons (Fsp3) is 0.793. The summed E-state index contributed by atoms with van der Waals surface area (Å²) >= 11 is 0. The van der Waals surface area contributed by atoms with Gasteiger partial charge in [-0.2, -0.15) is 0 Å². The maximum atomic E-state index is 13.0. The molecular weight excluding hydrogens is 468 g/mol. The number of nitrogens with zero attached hydrogens (tertiary/aromatic N) is 1. The summed E-state index contributed by atoms with van der Waals surface area (Å²) in [6.07, 6.45) is 20.1. The second-order valence-electron chi connectivity index (χ2n) is 10.4. The Morgan fingerprint density at radius 3 is 1.92 bits per heavy atom. The summed E-state index contributed by atoms with van der Waals surface area (Å²) in [6, 6.07) is -1.57. The number of nitrogens with one attached hydrogen (secondary N) is 3. The van der Waals surface area contributed by atoms with Crippen molar-refractivity contribution in [2.45, 2.75) is 136 Å². The van der Waals surface area contributed by atoms with E-state index in [9.17, 15) is 14.4 Å². The number of hydrogen-bond donors (Lipinski definition) is 3. The van der Waals surface area contributed by atoms with E-state index < -0.39 is 24.0 Å². The number of esters is 1. The molecule has 1 rings (SSSR count). The Morgan fingerprint density at radius 1 is 0.865 bits per heavy atom. The Kier molecular flexibility index (Phi) is 18.2. The molecule has 8 heteroatoms. The van der Waals surface area contributed by atoms with Crippen molar-refractivity contribution in [1.82, 2.24) is 20.6 Å². The van der Waals surface area contributed by atoms with E-state index in [4.69, 9.17) is 4.74 Å². The molecule has 2 atom stereocenters. The van der Waals surface area contributed by atoms with Gasteiger partial charge in [-0.1, -0.05) is 97.8 Å². The van der Waals surface area contributed by atoms with Crippen LogP contribution in [0.3, 0.4) is 0 Å². The first-order valence-corrected chi connectivity index (χ1v) is 14.6. The molecule has 1 aromatic heterocycles. The first-order chi connectivity index (χ1) is 17.9. The molecule has 0 saturated carbocycles. The van der Waals surface area contributed by atoms with Gasteiger partial charge in [0, 0.05) is 24.7 Å². The fourth-order valence-corrected chi connectivity index (χ4v) is 4.38. The first-order valence-electron chi connectivity index (χ1n) is 14.6. The van der Waals surface area contributed by atoms with Crippen molar-refractivity contribution in [2.75, 3.05) is 6.61 Å². The lowest BCUT2D eigenvalue weighted by Gasteiger charge is -2.24. The molecule has 0 saturated heterocycles. The van der Waals surface area contributed by atoms with Crippen LogP contribution in [0.2, 0.25) is 0 Å². The van der Waals surface area contributed by atoms with Crippen molar-refractivity contribution in [2.24, 2.45) is 5.92 Å². The van der Waals surface area contributed by atoms with Crippen LogP contribution in [0.5, 0.6) is 0 Å². The van der Waals surface area contributed by atoms with E-state index in [2.05, 4.69) is 27.5 Å². The predicted molar refractivity (Wildman–Crippen MR) is 148 cm³/mol. The van der Waals surface area contributed by atoms with Crippen LogP contribution in [0.15, 0.2) is 12.5 Å². The minimum absolute atomic E-state index is 0.141. The van der Waals surface area contributed by atoms with Gasteiger partial charge in [-0.25, -0.2) is 9.78 Å². The number of hydrogen-bond acceptors (Lipinski definition) is 5. The number of H-pyrrole nitrogens is 1. The molecule has 0 aliphatic rings. The normalized spacial score (nSPS) is 12.8. The van der Waals surface area contributed by atoms with Crippen LogP contribution < -0.4 is 10.6 Å². The number of carbonyl (C=O) groups excluding carboxylic acids is 3. The Morgan fingerprint density at radius 2 is 1.43 bits per heavy atom. The lowest BCUT2D eigenvalue weighted by molar-refractivity contribution is -0.149. The molecule has 1 aromatic rings. The van der Waals surface area contributed by atoms with E-state index in [0.717, 1.165) is 25.0 Å². The van der Waals surface area contributed by atoms with Gasteiger partial charge in [0.05, 0.1) is 12.9 Å². The number of rotatable bonds is 22. The summed E-state index contributed by atoms with van der Waals surface area (Å²) in [6.45, 7) is 7.92. The van der Waals surface area contributed by atoms with Crippen LogP contribution in [-0.4, -0.2) is 46.4 Å². The van der Waals surface area contributed by atoms with Crippen molar-refractivity contribution in [3.05, 3.63) is 18.2 Å². The summed E-state index contributed by atoms with van der Waals surface area (Å²) in [7, 11) is 0. The predicted octanol–water partition coefficient (Wildman–Crippen LogP) is 5.62. The molecule has 0 aliphatic carbocycles. The van der Waals surface area contributed by atoms with E-state index in [-0.39, 0.29) is 24.9 Å². The number of aromatic nitrogens is 2. The van der Waals surface area contributed by atoms with Gasteiger partial charge in [-0.3, -0.25) is 9.59 Å². The monoisotopic (exact) mass is 520 g/mol. The van der Waals surface area contributed by atoms with Crippen LogP contribution in [-0.2, 0) is 25.5 Å².